The molecule has 2 N–H and O–H groups in total. The van der Waals surface area contributed by atoms with E-state index in [4.69, 9.17) is 26.8 Å². The summed E-state index contributed by atoms with van der Waals surface area (Å²) in [6.07, 6.45) is 0. The van der Waals surface area contributed by atoms with Crippen LogP contribution < -0.4 is 15.2 Å². The molecule has 0 aliphatic rings. The second-order valence-electron chi connectivity index (χ2n) is 4.73. The number of hydrogen-bond acceptors (Lipinski definition) is 3. The van der Waals surface area contributed by atoms with Crippen molar-refractivity contribution < 1.29 is 9.47 Å². The van der Waals surface area contributed by atoms with Gasteiger partial charge in [0.2, 0.25) is 0 Å². The Balaban J connectivity index is 2.15. The largest absolute Gasteiger partial charge is 0.496 e. The Hall–Kier alpha value is -1.23. The van der Waals surface area contributed by atoms with Crippen LogP contribution in [0, 0.1) is 0 Å². The van der Waals surface area contributed by atoms with Crippen molar-refractivity contribution in [2.75, 3.05) is 7.11 Å². The highest BCUT2D eigenvalue weighted by Crippen LogP contribution is 2.29. The molecule has 0 unspecified atom stereocenters. The third-order valence-electron chi connectivity index (χ3n) is 3.07. The maximum Gasteiger partial charge on any atom is 0.133 e. The van der Waals surface area contributed by atoms with Gasteiger partial charge in [-0.3, -0.25) is 0 Å². The van der Waals surface area contributed by atoms with E-state index in [-0.39, 0.29) is 6.04 Å². The fraction of sp³-hybridized carbons (Fsp3) is 0.250. The second kappa shape index (κ2) is 7.16. The Labute approximate surface area is 138 Å². The molecule has 0 heterocycles. The van der Waals surface area contributed by atoms with E-state index < -0.39 is 0 Å². The van der Waals surface area contributed by atoms with E-state index in [0.717, 1.165) is 27.1 Å². The fourth-order valence-corrected chi connectivity index (χ4v) is 2.74. The number of hydrogen-bond donors (Lipinski definition) is 1. The Bertz CT molecular complexity index is 632. The maximum absolute atomic E-state index is 6.00. The average molecular weight is 371 g/mol. The lowest BCUT2D eigenvalue weighted by Crippen LogP contribution is -2.08. The Morgan fingerprint density at radius 1 is 1.19 bits per heavy atom. The molecule has 112 valence electrons. The van der Waals surface area contributed by atoms with E-state index in [1.165, 1.54) is 0 Å². The molecule has 0 aromatic heterocycles. The second-order valence-corrected chi connectivity index (χ2v) is 6.02. The lowest BCUT2D eigenvalue weighted by molar-refractivity contribution is 0.301. The van der Waals surface area contributed by atoms with Crippen molar-refractivity contribution in [3.05, 3.63) is 57.0 Å². The molecule has 1 atom stereocenters. The highest BCUT2D eigenvalue weighted by molar-refractivity contribution is 9.10. The highest BCUT2D eigenvalue weighted by atomic mass is 79.9. The summed E-state index contributed by atoms with van der Waals surface area (Å²) < 4.78 is 12.0. The maximum atomic E-state index is 6.00. The van der Waals surface area contributed by atoms with Crippen LogP contribution in [0.3, 0.4) is 0 Å². The first-order valence-electron chi connectivity index (χ1n) is 6.51. The van der Waals surface area contributed by atoms with Crippen LogP contribution in [-0.4, -0.2) is 7.11 Å². The van der Waals surface area contributed by atoms with Gasteiger partial charge in [0, 0.05) is 16.6 Å². The van der Waals surface area contributed by atoms with Crippen LogP contribution in [0.15, 0.2) is 40.9 Å². The number of methoxy groups -OCH3 is 1. The molecule has 0 spiro atoms. The topological polar surface area (TPSA) is 44.5 Å². The van der Waals surface area contributed by atoms with Gasteiger partial charge in [0.15, 0.2) is 0 Å². The Morgan fingerprint density at radius 3 is 2.52 bits per heavy atom. The quantitative estimate of drug-likeness (QED) is 0.829. The van der Waals surface area contributed by atoms with Crippen LogP contribution in [0.5, 0.6) is 11.5 Å². The molecule has 0 saturated carbocycles. The van der Waals surface area contributed by atoms with Crippen LogP contribution in [0.2, 0.25) is 5.02 Å². The molecule has 2 rings (SSSR count). The van der Waals surface area contributed by atoms with Crippen molar-refractivity contribution in [3.8, 4) is 11.5 Å². The first kappa shape index (κ1) is 16.1. The number of rotatable bonds is 5. The molecule has 0 amide bonds. The average Bonchev–Trinajstić information content (AvgIpc) is 2.46. The third-order valence-corrected chi connectivity index (χ3v) is 3.93. The summed E-state index contributed by atoms with van der Waals surface area (Å²) in [5.41, 5.74) is 7.89. The van der Waals surface area contributed by atoms with E-state index in [2.05, 4.69) is 15.9 Å². The minimum absolute atomic E-state index is 0.138. The molecule has 3 nitrogen and oxygen atoms in total. The van der Waals surface area contributed by atoms with Gasteiger partial charge in [0.25, 0.3) is 0 Å². The monoisotopic (exact) mass is 369 g/mol. The molecule has 0 aliphatic heterocycles. The predicted octanol–water partition coefficient (Wildman–Crippen LogP) is 4.71. The summed E-state index contributed by atoms with van der Waals surface area (Å²) in [5, 5.41) is 0.654. The van der Waals surface area contributed by atoms with Crippen LogP contribution in [-0.2, 0) is 6.61 Å². The van der Waals surface area contributed by atoms with Gasteiger partial charge in [-0.15, -0.1) is 0 Å². The molecule has 5 heteroatoms. The van der Waals surface area contributed by atoms with Crippen LogP contribution in [0.25, 0.3) is 0 Å². The number of ether oxygens (including phenoxy) is 2. The van der Waals surface area contributed by atoms with Crippen LogP contribution >= 0.6 is 27.5 Å². The van der Waals surface area contributed by atoms with Crippen molar-refractivity contribution in [1.29, 1.82) is 0 Å². The first-order valence-corrected chi connectivity index (χ1v) is 7.68. The number of benzene rings is 2. The lowest BCUT2D eigenvalue weighted by Gasteiger charge is -2.15. The summed E-state index contributed by atoms with van der Waals surface area (Å²) in [6.45, 7) is 2.35. The summed E-state index contributed by atoms with van der Waals surface area (Å²) in [7, 11) is 1.64. The van der Waals surface area contributed by atoms with Gasteiger partial charge >= 0.3 is 0 Å². The van der Waals surface area contributed by atoms with Crippen molar-refractivity contribution >= 4 is 27.5 Å². The van der Waals surface area contributed by atoms with Crippen molar-refractivity contribution in [2.24, 2.45) is 5.73 Å². The first-order chi connectivity index (χ1) is 10.0. The van der Waals surface area contributed by atoms with E-state index >= 15 is 0 Å². The zero-order valence-electron chi connectivity index (χ0n) is 11.9. The molecule has 0 bridgehead atoms. The minimum Gasteiger partial charge on any atom is -0.496 e. The third kappa shape index (κ3) is 4.13. The summed E-state index contributed by atoms with van der Waals surface area (Å²) in [4.78, 5) is 0. The SMILES string of the molecule is COc1ccc(COc2ccc(Cl)cc2[C@H](C)N)cc1Br. The lowest BCUT2D eigenvalue weighted by atomic mass is 10.1. The van der Waals surface area contributed by atoms with Crippen LogP contribution in [0.1, 0.15) is 24.1 Å². The fourth-order valence-electron chi connectivity index (χ4n) is 1.97. The molecule has 0 saturated heterocycles. The van der Waals surface area contributed by atoms with E-state index in [1.54, 1.807) is 13.2 Å². The zero-order chi connectivity index (χ0) is 15.4. The van der Waals surface area contributed by atoms with Gasteiger partial charge in [-0.2, -0.15) is 0 Å². The Kier molecular flexibility index (Phi) is 5.51. The smallest absolute Gasteiger partial charge is 0.133 e. The summed E-state index contributed by atoms with van der Waals surface area (Å²) in [6, 6.07) is 11.2. The van der Waals surface area contributed by atoms with Crippen LogP contribution in [0.4, 0.5) is 0 Å². The zero-order valence-corrected chi connectivity index (χ0v) is 14.2. The standard InChI is InChI=1S/C16H17BrClNO2/c1-10(19)13-8-12(18)4-6-15(13)21-9-11-3-5-16(20-2)14(17)7-11/h3-8,10H,9,19H2,1-2H3/t10-/m0/s1. The van der Waals surface area contributed by atoms with E-state index in [1.807, 2.05) is 37.3 Å². The molecule has 0 radical (unpaired) electrons. The van der Waals surface area contributed by atoms with Gasteiger partial charge in [0.05, 0.1) is 11.6 Å². The number of halogens is 2. The normalized spacial score (nSPS) is 12.0. The molecule has 21 heavy (non-hydrogen) atoms. The minimum atomic E-state index is -0.138. The predicted molar refractivity (Wildman–Crippen MR) is 89.1 cm³/mol. The molecular weight excluding hydrogens is 354 g/mol. The van der Waals surface area contributed by atoms with Gasteiger partial charge in [0.1, 0.15) is 18.1 Å². The molecule has 2 aromatic carbocycles. The molecule has 2 aromatic rings. The van der Waals surface area contributed by atoms with Crippen molar-refractivity contribution in [1.82, 2.24) is 0 Å². The summed E-state index contributed by atoms with van der Waals surface area (Å²) in [5.74, 6) is 1.54. The van der Waals surface area contributed by atoms with Gasteiger partial charge in [-0.1, -0.05) is 17.7 Å². The highest BCUT2D eigenvalue weighted by Gasteiger charge is 2.10. The van der Waals surface area contributed by atoms with E-state index in [0.29, 0.717) is 11.6 Å². The molecule has 0 fully saturated rings. The Morgan fingerprint density at radius 2 is 1.90 bits per heavy atom. The van der Waals surface area contributed by atoms with Crippen molar-refractivity contribution in [2.45, 2.75) is 19.6 Å². The van der Waals surface area contributed by atoms with Gasteiger partial charge < -0.3 is 15.2 Å². The molecule has 0 aliphatic carbocycles. The summed E-state index contributed by atoms with van der Waals surface area (Å²) >= 11 is 9.46. The molecular formula is C16H17BrClNO2. The van der Waals surface area contributed by atoms with Crippen molar-refractivity contribution in [3.63, 3.8) is 0 Å². The van der Waals surface area contributed by atoms with E-state index in [9.17, 15) is 0 Å². The van der Waals surface area contributed by atoms with Gasteiger partial charge in [-0.05, 0) is 58.7 Å². The number of nitrogens with two attached hydrogens (primary N) is 1. The van der Waals surface area contributed by atoms with Gasteiger partial charge in [-0.25, -0.2) is 0 Å².